The number of carbonyl (C=O) groups excluding carboxylic acids is 2. The van der Waals surface area contributed by atoms with Crippen LogP contribution in [0.25, 0.3) is 6.08 Å². The highest BCUT2D eigenvalue weighted by Gasteiger charge is 2.34. The summed E-state index contributed by atoms with van der Waals surface area (Å²) in [6, 6.07) is 8.19. The number of anilines is 1. The summed E-state index contributed by atoms with van der Waals surface area (Å²) in [5.74, 6) is -2.06. The number of rotatable bonds is 3. The maximum atomic E-state index is 12.5. The summed E-state index contributed by atoms with van der Waals surface area (Å²) in [4.78, 5) is 34.7. The largest absolute Gasteiger partial charge is 0.868 e. The molecule has 0 saturated carbocycles. The second-order valence-electron chi connectivity index (χ2n) is 5.56. The van der Waals surface area contributed by atoms with E-state index in [9.17, 15) is 24.8 Å². The number of benzene rings is 2. The SMILES string of the molecule is Cc1ccc(N2NC(=O)/C(=C/c3ccc([O-])c([N+](=O)[O-])c3)C2=O)cc1Cl. The molecule has 9 heteroatoms. The summed E-state index contributed by atoms with van der Waals surface area (Å²) in [7, 11) is 0. The molecule has 2 amide bonds. The zero-order valence-corrected chi connectivity index (χ0v) is 14.1. The minimum Gasteiger partial charge on any atom is -0.868 e. The van der Waals surface area contributed by atoms with E-state index >= 15 is 0 Å². The Morgan fingerprint density at radius 1 is 1.19 bits per heavy atom. The molecule has 3 rings (SSSR count). The third kappa shape index (κ3) is 3.09. The van der Waals surface area contributed by atoms with Crippen molar-refractivity contribution in [3.8, 4) is 5.75 Å². The van der Waals surface area contributed by atoms with Crippen molar-refractivity contribution in [3.63, 3.8) is 0 Å². The molecule has 1 N–H and O–H groups in total. The first-order valence-corrected chi connectivity index (χ1v) is 7.74. The second-order valence-corrected chi connectivity index (χ2v) is 5.96. The van der Waals surface area contributed by atoms with Crippen LogP contribution < -0.4 is 15.5 Å². The minimum atomic E-state index is -0.818. The van der Waals surface area contributed by atoms with Gasteiger partial charge < -0.3 is 5.11 Å². The second kappa shape index (κ2) is 6.49. The molecule has 0 radical (unpaired) electrons. The normalized spacial score (nSPS) is 15.5. The van der Waals surface area contributed by atoms with Gasteiger partial charge in [0.1, 0.15) is 5.57 Å². The quantitative estimate of drug-likeness (QED) is 0.383. The lowest BCUT2D eigenvalue weighted by Gasteiger charge is -2.15. The van der Waals surface area contributed by atoms with E-state index in [1.807, 2.05) is 0 Å². The molecule has 1 saturated heterocycles. The average molecular weight is 373 g/mol. The van der Waals surface area contributed by atoms with E-state index in [0.29, 0.717) is 10.7 Å². The number of hydrogen-bond acceptors (Lipinski definition) is 5. The molecule has 26 heavy (non-hydrogen) atoms. The van der Waals surface area contributed by atoms with Gasteiger partial charge in [0, 0.05) is 11.1 Å². The Hall–Kier alpha value is -3.39. The van der Waals surface area contributed by atoms with Crippen LogP contribution in [0.3, 0.4) is 0 Å². The van der Waals surface area contributed by atoms with Crippen LogP contribution in [0.1, 0.15) is 11.1 Å². The standard InChI is InChI=1S/C17H12ClN3O5/c1-9-2-4-11(8-13(9)18)20-17(24)12(16(23)19-20)6-10-3-5-15(22)14(7-10)21(25)26/h2-8,22H,1H3,(H,19,23)/p-1/b12-6-. The minimum absolute atomic E-state index is 0.193. The summed E-state index contributed by atoms with van der Waals surface area (Å²) in [5.41, 5.74) is 2.95. The third-order valence-electron chi connectivity index (χ3n) is 3.80. The van der Waals surface area contributed by atoms with Crippen LogP contribution in [0, 0.1) is 17.0 Å². The summed E-state index contributed by atoms with van der Waals surface area (Å²) in [5, 5.41) is 23.8. The molecule has 0 atom stereocenters. The van der Waals surface area contributed by atoms with Gasteiger partial charge in [-0.2, -0.15) is 0 Å². The molecule has 0 aliphatic carbocycles. The predicted molar refractivity (Wildman–Crippen MR) is 92.3 cm³/mol. The first-order valence-electron chi connectivity index (χ1n) is 7.36. The van der Waals surface area contributed by atoms with Crippen LogP contribution in [0.4, 0.5) is 11.4 Å². The van der Waals surface area contributed by atoms with Gasteiger partial charge in [0.05, 0.1) is 10.6 Å². The Balaban J connectivity index is 1.96. The van der Waals surface area contributed by atoms with E-state index in [0.717, 1.165) is 22.7 Å². The van der Waals surface area contributed by atoms with Crippen LogP contribution in [-0.2, 0) is 9.59 Å². The number of halogens is 1. The Bertz CT molecular complexity index is 986. The third-order valence-corrected chi connectivity index (χ3v) is 4.20. The number of amides is 2. The lowest BCUT2D eigenvalue weighted by Crippen LogP contribution is -2.35. The maximum Gasteiger partial charge on any atom is 0.282 e. The Morgan fingerprint density at radius 2 is 1.92 bits per heavy atom. The number of hydrogen-bond donors (Lipinski definition) is 1. The highest BCUT2D eigenvalue weighted by molar-refractivity contribution is 6.33. The molecule has 1 fully saturated rings. The molecule has 0 spiro atoms. The number of nitrogens with one attached hydrogen (secondary N) is 1. The first kappa shape index (κ1) is 17.4. The number of nitro benzene ring substituents is 1. The van der Waals surface area contributed by atoms with Crippen molar-refractivity contribution in [2.45, 2.75) is 6.92 Å². The zero-order valence-electron chi connectivity index (χ0n) is 13.4. The number of carbonyl (C=O) groups is 2. The molecule has 2 aromatic carbocycles. The molecule has 1 aliphatic rings. The van der Waals surface area contributed by atoms with Gasteiger partial charge in [0.2, 0.25) is 0 Å². The van der Waals surface area contributed by atoms with E-state index < -0.39 is 28.2 Å². The predicted octanol–water partition coefficient (Wildman–Crippen LogP) is 2.09. The van der Waals surface area contributed by atoms with Gasteiger partial charge >= 0.3 is 0 Å². The molecule has 0 bridgehead atoms. The molecule has 132 valence electrons. The number of aryl methyl sites for hydroxylation is 1. The van der Waals surface area contributed by atoms with Gasteiger partial charge in [0.15, 0.2) is 0 Å². The maximum absolute atomic E-state index is 12.5. The molecule has 0 aromatic heterocycles. The number of nitrogens with zero attached hydrogens (tertiary/aromatic N) is 2. The van der Waals surface area contributed by atoms with Crippen LogP contribution in [0.15, 0.2) is 42.0 Å². The van der Waals surface area contributed by atoms with E-state index in [2.05, 4.69) is 5.43 Å². The molecule has 8 nitrogen and oxygen atoms in total. The van der Waals surface area contributed by atoms with Gasteiger partial charge in [-0.3, -0.25) is 25.1 Å². The Labute approximate surface area is 152 Å². The highest BCUT2D eigenvalue weighted by Crippen LogP contribution is 2.28. The average Bonchev–Trinajstić information content (AvgIpc) is 2.87. The molecule has 1 heterocycles. The first-order chi connectivity index (χ1) is 12.3. The summed E-state index contributed by atoms with van der Waals surface area (Å²) in [6.07, 6.45) is 1.19. The molecule has 2 aromatic rings. The summed E-state index contributed by atoms with van der Waals surface area (Å²) in [6.45, 7) is 1.80. The van der Waals surface area contributed by atoms with Gasteiger partial charge in [-0.1, -0.05) is 29.8 Å². The van der Waals surface area contributed by atoms with Gasteiger partial charge in [-0.25, -0.2) is 5.01 Å². The van der Waals surface area contributed by atoms with Crippen molar-refractivity contribution in [1.82, 2.24) is 5.43 Å². The Morgan fingerprint density at radius 3 is 2.58 bits per heavy atom. The Kier molecular flexibility index (Phi) is 4.35. The molecule has 1 aliphatic heterocycles. The molecule has 0 unspecified atom stereocenters. The van der Waals surface area contributed by atoms with Crippen molar-refractivity contribution in [2.24, 2.45) is 0 Å². The van der Waals surface area contributed by atoms with Crippen molar-refractivity contribution < 1.29 is 19.6 Å². The number of nitro groups is 1. The van der Waals surface area contributed by atoms with E-state index in [1.165, 1.54) is 18.2 Å². The van der Waals surface area contributed by atoms with Crippen molar-refractivity contribution in [3.05, 3.63) is 68.2 Å². The van der Waals surface area contributed by atoms with Gasteiger partial charge in [-0.15, -0.1) is 0 Å². The van der Waals surface area contributed by atoms with Crippen LogP contribution >= 0.6 is 11.6 Å². The highest BCUT2D eigenvalue weighted by atomic mass is 35.5. The fraction of sp³-hybridized carbons (Fsp3) is 0.0588. The van der Waals surface area contributed by atoms with E-state index in [4.69, 9.17) is 11.6 Å². The summed E-state index contributed by atoms with van der Waals surface area (Å²) < 4.78 is 0. The van der Waals surface area contributed by atoms with E-state index in [1.54, 1.807) is 19.1 Å². The van der Waals surface area contributed by atoms with Crippen molar-refractivity contribution in [1.29, 1.82) is 0 Å². The van der Waals surface area contributed by atoms with E-state index in [-0.39, 0.29) is 11.1 Å². The van der Waals surface area contributed by atoms with Crippen LogP contribution in [0.2, 0.25) is 5.02 Å². The molecular weight excluding hydrogens is 362 g/mol. The summed E-state index contributed by atoms with van der Waals surface area (Å²) >= 11 is 6.05. The monoisotopic (exact) mass is 372 g/mol. The van der Waals surface area contributed by atoms with Crippen LogP contribution in [-0.4, -0.2) is 16.7 Å². The topological polar surface area (TPSA) is 116 Å². The van der Waals surface area contributed by atoms with Crippen LogP contribution in [0.5, 0.6) is 5.75 Å². The lowest BCUT2D eigenvalue weighted by molar-refractivity contribution is -0.398. The molecular formula is C17H11ClN3O5-. The lowest BCUT2D eigenvalue weighted by atomic mass is 10.1. The van der Waals surface area contributed by atoms with Gasteiger partial charge in [-0.05, 0) is 42.0 Å². The zero-order chi connectivity index (χ0) is 19.0. The van der Waals surface area contributed by atoms with Gasteiger partial charge in [0.25, 0.3) is 17.5 Å². The number of hydrazine groups is 1. The fourth-order valence-corrected chi connectivity index (χ4v) is 2.57. The van der Waals surface area contributed by atoms with Crippen molar-refractivity contribution in [2.75, 3.05) is 5.01 Å². The van der Waals surface area contributed by atoms with Crippen molar-refractivity contribution >= 4 is 40.9 Å². The fourth-order valence-electron chi connectivity index (χ4n) is 2.39. The smallest absolute Gasteiger partial charge is 0.282 e.